The van der Waals surface area contributed by atoms with E-state index >= 15 is 0 Å². The van der Waals surface area contributed by atoms with Crippen molar-refractivity contribution in [3.8, 4) is 0 Å². The van der Waals surface area contributed by atoms with Gasteiger partial charge in [-0.05, 0) is 36.4 Å². The van der Waals surface area contributed by atoms with E-state index in [1.54, 1.807) is 5.43 Å². The van der Waals surface area contributed by atoms with Crippen LogP contribution in [0.15, 0.2) is 46.7 Å². The molecule has 0 aliphatic heterocycles. The van der Waals surface area contributed by atoms with Crippen LogP contribution >= 0.6 is 0 Å². The number of nitrogens with one attached hydrogen (secondary N) is 1. The number of anilines is 1. The van der Waals surface area contributed by atoms with Crippen molar-refractivity contribution in [3.63, 3.8) is 0 Å². The first kappa shape index (κ1) is 28.7. The largest absolute Gasteiger partial charge is 1.00 e. The van der Waals surface area contributed by atoms with Crippen LogP contribution in [0.1, 0.15) is 23.7 Å². The van der Waals surface area contributed by atoms with Gasteiger partial charge in [0.25, 0.3) is 0 Å². The predicted molar refractivity (Wildman–Crippen MR) is 82.1 cm³/mol. The molecule has 0 aliphatic rings. The van der Waals surface area contributed by atoms with Gasteiger partial charge in [-0.25, -0.2) is 0 Å². The Balaban J connectivity index is 0.00000512. The molecule has 0 aliphatic carbocycles. The first-order valence-electron chi connectivity index (χ1n) is 7.63. The Morgan fingerprint density at radius 2 is 0.844 bits per heavy atom. The summed E-state index contributed by atoms with van der Waals surface area (Å²) in [5, 5.41) is 5.90. The number of alkyl halides is 12. The van der Waals surface area contributed by atoms with Gasteiger partial charge < -0.3 is 1.43 Å². The SMILES string of the molecule is FC(F)(F)c1cc(N=NNc2cc(C(F)(F)F)cc(C(F)(F)F)c2)cc(C(F)(F)F)c1.[H-].[K+]. The van der Waals surface area contributed by atoms with Crippen LogP contribution in [0.5, 0.6) is 0 Å². The molecule has 0 bridgehead atoms. The van der Waals surface area contributed by atoms with Gasteiger partial charge in [0.15, 0.2) is 0 Å². The minimum atomic E-state index is -5.19. The first-order chi connectivity index (χ1) is 13.9. The van der Waals surface area contributed by atoms with E-state index < -0.39 is 58.3 Å². The van der Waals surface area contributed by atoms with E-state index in [-0.39, 0.29) is 89.2 Å². The predicted octanol–water partition coefficient (Wildman–Crippen LogP) is 4.99. The molecule has 0 saturated carbocycles. The van der Waals surface area contributed by atoms with Gasteiger partial charge in [-0.3, -0.25) is 5.43 Å². The molecule has 1 N–H and O–H groups in total. The van der Waals surface area contributed by atoms with Crippen molar-refractivity contribution in [2.75, 3.05) is 5.43 Å². The van der Waals surface area contributed by atoms with Crippen molar-refractivity contribution < 1.29 is 105 Å². The third-order valence-corrected chi connectivity index (χ3v) is 3.50. The Labute approximate surface area is 214 Å². The van der Waals surface area contributed by atoms with E-state index in [9.17, 15) is 52.7 Å². The van der Waals surface area contributed by atoms with Crippen molar-refractivity contribution >= 4 is 11.4 Å². The second-order valence-electron chi connectivity index (χ2n) is 5.87. The van der Waals surface area contributed by atoms with Crippen LogP contribution in [0, 0.1) is 0 Å². The third kappa shape index (κ3) is 7.89. The maximum atomic E-state index is 12.8. The van der Waals surface area contributed by atoms with Crippen LogP contribution in [-0.4, -0.2) is 0 Å². The number of benzene rings is 2. The Kier molecular flexibility index (Phi) is 8.84. The van der Waals surface area contributed by atoms with Crippen molar-refractivity contribution in [1.29, 1.82) is 0 Å². The fourth-order valence-corrected chi connectivity index (χ4v) is 2.16. The summed E-state index contributed by atoms with van der Waals surface area (Å²) in [6, 6.07) is 0.323. The zero-order valence-corrected chi connectivity index (χ0v) is 18.5. The maximum absolute atomic E-state index is 12.8. The van der Waals surface area contributed by atoms with Gasteiger partial charge in [0, 0.05) is 0 Å². The van der Waals surface area contributed by atoms with E-state index in [4.69, 9.17) is 0 Å². The smallest absolute Gasteiger partial charge is 1.00 e. The summed E-state index contributed by atoms with van der Waals surface area (Å²) in [5.74, 6) is 0. The third-order valence-electron chi connectivity index (χ3n) is 3.50. The summed E-state index contributed by atoms with van der Waals surface area (Å²) in [4.78, 5) is 0. The van der Waals surface area contributed by atoms with Gasteiger partial charge in [-0.2, -0.15) is 52.7 Å². The number of halogens is 12. The molecule has 0 unspecified atom stereocenters. The van der Waals surface area contributed by atoms with Gasteiger partial charge >= 0.3 is 76.1 Å². The molecule has 2 aromatic carbocycles. The van der Waals surface area contributed by atoms with Gasteiger partial charge in [0.1, 0.15) is 0 Å². The molecule has 16 heteroatoms. The molecule has 172 valence electrons. The monoisotopic (exact) mass is 509 g/mol. The number of hydrogen-bond acceptors (Lipinski definition) is 2. The summed E-state index contributed by atoms with van der Waals surface area (Å²) in [5.41, 5.74) is -7.21. The van der Waals surface area contributed by atoms with Crippen molar-refractivity contribution in [2.45, 2.75) is 24.7 Å². The summed E-state index contributed by atoms with van der Waals surface area (Å²) in [6.07, 6.45) is -20.8. The maximum Gasteiger partial charge on any atom is 1.00 e. The minimum absolute atomic E-state index is 0. The van der Waals surface area contributed by atoms with Crippen molar-refractivity contribution in [3.05, 3.63) is 58.7 Å². The second-order valence-corrected chi connectivity index (χ2v) is 5.87. The van der Waals surface area contributed by atoms with Crippen LogP contribution in [-0.2, 0) is 24.7 Å². The zero-order chi connectivity index (χ0) is 23.8. The molecule has 0 spiro atoms. The van der Waals surface area contributed by atoms with Crippen LogP contribution in [0.2, 0.25) is 0 Å². The molecule has 0 aromatic heterocycles. The Morgan fingerprint density at radius 3 is 1.16 bits per heavy atom. The second kappa shape index (κ2) is 9.86. The first-order valence-corrected chi connectivity index (χ1v) is 7.63. The van der Waals surface area contributed by atoms with E-state index in [1.165, 1.54) is 0 Å². The molecular formula is C16H8F12KN3. The number of hydrogen-bond donors (Lipinski definition) is 1. The zero-order valence-electron chi connectivity index (χ0n) is 16.4. The fourth-order valence-electron chi connectivity index (χ4n) is 2.16. The molecule has 32 heavy (non-hydrogen) atoms. The average molecular weight is 509 g/mol. The standard InChI is InChI=1S/C16H7F12N3.K.H/c17-13(18,19)7-1-8(14(20,21)22)4-11(3-7)29-31-30-12-5-9(15(23,24)25)2-10(6-12)16(26,27)28;;/h1-6H,(H,29,30);;/q;+1;-1. The van der Waals surface area contributed by atoms with E-state index in [1.807, 2.05) is 0 Å². The molecular weight excluding hydrogens is 501 g/mol. The molecule has 0 amide bonds. The van der Waals surface area contributed by atoms with Gasteiger partial charge in [0.2, 0.25) is 0 Å². The average Bonchev–Trinajstić information content (AvgIpc) is 2.58. The van der Waals surface area contributed by atoms with Crippen LogP contribution in [0.4, 0.5) is 64.1 Å². The van der Waals surface area contributed by atoms with Crippen LogP contribution in [0.25, 0.3) is 0 Å². The quantitative estimate of drug-likeness (QED) is 0.269. The van der Waals surface area contributed by atoms with Crippen LogP contribution in [0.3, 0.4) is 0 Å². The molecule has 0 radical (unpaired) electrons. The molecule has 2 rings (SSSR count). The van der Waals surface area contributed by atoms with Crippen molar-refractivity contribution in [2.24, 2.45) is 10.3 Å². The van der Waals surface area contributed by atoms with E-state index in [0.29, 0.717) is 0 Å². The fraction of sp³-hybridized carbons (Fsp3) is 0.250. The Bertz CT molecular complexity index is 916. The van der Waals surface area contributed by atoms with Gasteiger partial charge in [-0.1, -0.05) is 5.22 Å². The molecule has 0 heterocycles. The summed E-state index contributed by atoms with van der Waals surface area (Å²) >= 11 is 0. The topological polar surface area (TPSA) is 36.8 Å². The number of rotatable bonds is 3. The Morgan fingerprint density at radius 1 is 0.531 bits per heavy atom. The molecule has 0 saturated heterocycles. The summed E-state index contributed by atoms with van der Waals surface area (Å²) in [7, 11) is 0. The molecule has 2 aromatic rings. The number of nitrogens with zero attached hydrogens (tertiary/aromatic N) is 2. The van der Waals surface area contributed by atoms with Crippen LogP contribution < -0.4 is 56.8 Å². The summed E-state index contributed by atoms with van der Waals surface area (Å²) in [6.45, 7) is 0. The molecule has 3 nitrogen and oxygen atoms in total. The van der Waals surface area contributed by atoms with Crippen molar-refractivity contribution in [1.82, 2.24) is 0 Å². The van der Waals surface area contributed by atoms with E-state index in [0.717, 1.165) is 0 Å². The van der Waals surface area contributed by atoms with E-state index in [2.05, 4.69) is 10.3 Å². The Hall–Kier alpha value is -1.36. The normalized spacial score (nSPS) is 13.2. The summed E-state index contributed by atoms with van der Waals surface area (Å²) < 4.78 is 153. The van der Waals surface area contributed by atoms with Gasteiger partial charge in [-0.15, -0.1) is 5.11 Å². The van der Waals surface area contributed by atoms with Gasteiger partial charge in [0.05, 0.1) is 33.6 Å². The molecule has 0 atom stereocenters. The molecule has 0 fully saturated rings. The minimum Gasteiger partial charge on any atom is -1.00 e.